The van der Waals surface area contributed by atoms with Crippen molar-refractivity contribution in [2.75, 3.05) is 7.11 Å². The number of furan rings is 1. The Kier molecular flexibility index (Phi) is 3.73. The molecular formula is C16H10ClFO4. The first-order valence-corrected chi connectivity index (χ1v) is 6.69. The molecule has 0 saturated carbocycles. The highest BCUT2D eigenvalue weighted by Gasteiger charge is 2.14. The number of ether oxygens (including phenoxy) is 2. The van der Waals surface area contributed by atoms with Gasteiger partial charge in [-0.1, -0.05) is 11.6 Å². The summed E-state index contributed by atoms with van der Waals surface area (Å²) in [5.74, 6) is -0.188. The van der Waals surface area contributed by atoms with Gasteiger partial charge < -0.3 is 13.9 Å². The molecule has 112 valence electrons. The molecule has 0 radical (unpaired) electrons. The van der Waals surface area contributed by atoms with E-state index in [-0.39, 0.29) is 10.6 Å². The minimum Gasteiger partial charge on any atom is -0.465 e. The van der Waals surface area contributed by atoms with Crippen molar-refractivity contribution in [2.24, 2.45) is 0 Å². The van der Waals surface area contributed by atoms with Crippen LogP contribution in [0.2, 0.25) is 5.02 Å². The first kappa shape index (κ1) is 14.4. The summed E-state index contributed by atoms with van der Waals surface area (Å²) in [5.41, 5.74) is 0.534. The highest BCUT2D eigenvalue weighted by Crippen LogP contribution is 2.33. The zero-order valence-corrected chi connectivity index (χ0v) is 12.2. The summed E-state index contributed by atoms with van der Waals surface area (Å²) in [5, 5.41) is 0.525. The molecule has 6 heteroatoms. The molecule has 0 fully saturated rings. The number of carbonyl (C=O) groups excluding carboxylic acids is 1. The lowest BCUT2D eigenvalue weighted by atomic mass is 10.2. The van der Waals surface area contributed by atoms with E-state index in [4.69, 9.17) is 20.8 Å². The van der Waals surface area contributed by atoms with E-state index in [1.807, 2.05) is 0 Å². The molecular weight excluding hydrogens is 311 g/mol. The van der Waals surface area contributed by atoms with E-state index in [0.29, 0.717) is 22.5 Å². The summed E-state index contributed by atoms with van der Waals surface area (Å²) in [6, 6.07) is 8.81. The van der Waals surface area contributed by atoms with E-state index in [0.717, 1.165) is 0 Å². The topological polar surface area (TPSA) is 48.7 Å². The van der Waals surface area contributed by atoms with E-state index in [1.165, 1.54) is 43.7 Å². The van der Waals surface area contributed by atoms with Gasteiger partial charge in [0.15, 0.2) is 11.3 Å². The molecule has 3 rings (SSSR count). The molecule has 0 atom stereocenters. The number of benzene rings is 2. The molecule has 4 nitrogen and oxygen atoms in total. The van der Waals surface area contributed by atoms with E-state index in [2.05, 4.69) is 4.74 Å². The van der Waals surface area contributed by atoms with Gasteiger partial charge in [-0.05, 0) is 30.3 Å². The van der Waals surface area contributed by atoms with Gasteiger partial charge in [-0.25, -0.2) is 9.18 Å². The second-order valence-corrected chi connectivity index (χ2v) is 4.85. The molecule has 0 aliphatic carbocycles. The monoisotopic (exact) mass is 320 g/mol. The quantitative estimate of drug-likeness (QED) is 0.650. The maximum atomic E-state index is 13.6. The van der Waals surface area contributed by atoms with Gasteiger partial charge >= 0.3 is 5.97 Å². The Morgan fingerprint density at radius 2 is 2.05 bits per heavy atom. The van der Waals surface area contributed by atoms with Crippen LogP contribution in [0.15, 0.2) is 47.1 Å². The van der Waals surface area contributed by atoms with Crippen LogP contribution < -0.4 is 4.74 Å². The van der Waals surface area contributed by atoms with Gasteiger partial charge in [0.2, 0.25) is 0 Å². The predicted octanol–water partition coefficient (Wildman–Crippen LogP) is 4.80. The second-order valence-electron chi connectivity index (χ2n) is 4.44. The molecule has 0 bridgehead atoms. The molecule has 0 aliphatic heterocycles. The van der Waals surface area contributed by atoms with Gasteiger partial charge in [-0.2, -0.15) is 0 Å². The number of esters is 1. The van der Waals surface area contributed by atoms with Crippen LogP contribution in [0.4, 0.5) is 4.39 Å². The highest BCUT2D eigenvalue weighted by atomic mass is 35.5. The van der Waals surface area contributed by atoms with Crippen molar-refractivity contribution in [1.82, 2.24) is 0 Å². The Morgan fingerprint density at radius 3 is 2.77 bits per heavy atom. The van der Waals surface area contributed by atoms with Gasteiger partial charge in [-0.15, -0.1) is 0 Å². The summed E-state index contributed by atoms with van der Waals surface area (Å²) in [6.45, 7) is 0. The minimum atomic E-state index is -0.535. The second kappa shape index (κ2) is 5.69. The number of fused-ring (bicyclic) bond motifs is 1. The van der Waals surface area contributed by atoms with Crippen molar-refractivity contribution >= 4 is 28.5 Å². The number of rotatable bonds is 3. The Bertz CT molecular complexity index is 856. The van der Waals surface area contributed by atoms with Crippen LogP contribution >= 0.6 is 11.6 Å². The molecule has 0 aliphatic rings. The summed E-state index contributed by atoms with van der Waals surface area (Å²) in [6.07, 6.45) is 1.38. The van der Waals surface area contributed by atoms with Crippen LogP contribution in [0.1, 0.15) is 10.4 Å². The van der Waals surface area contributed by atoms with Crippen LogP contribution in [0.25, 0.3) is 11.0 Å². The van der Waals surface area contributed by atoms with Gasteiger partial charge in [0.25, 0.3) is 0 Å². The van der Waals surface area contributed by atoms with Crippen molar-refractivity contribution in [3.8, 4) is 11.5 Å². The average Bonchev–Trinajstić information content (AvgIpc) is 3.00. The van der Waals surface area contributed by atoms with Crippen LogP contribution in [0, 0.1) is 5.82 Å². The summed E-state index contributed by atoms with van der Waals surface area (Å²) < 4.78 is 29.1. The van der Waals surface area contributed by atoms with E-state index in [1.54, 1.807) is 6.07 Å². The first-order valence-electron chi connectivity index (χ1n) is 6.31. The lowest BCUT2D eigenvalue weighted by Gasteiger charge is -2.08. The lowest BCUT2D eigenvalue weighted by Crippen LogP contribution is -2.01. The molecule has 22 heavy (non-hydrogen) atoms. The summed E-state index contributed by atoms with van der Waals surface area (Å²) >= 11 is 6.03. The third-order valence-electron chi connectivity index (χ3n) is 3.10. The fourth-order valence-electron chi connectivity index (χ4n) is 2.04. The van der Waals surface area contributed by atoms with Crippen LogP contribution in [-0.2, 0) is 4.74 Å². The van der Waals surface area contributed by atoms with Crippen molar-refractivity contribution in [2.45, 2.75) is 0 Å². The van der Waals surface area contributed by atoms with Gasteiger partial charge in [0.1, 0.15) is 11.6 Å². The molecule has 0 amide bonds. The van der Waals surface area contributed by atoms with Crippen molar-refractivity contribution in [3.05, 3.63) is 59.1 Å². The molecule has 0 saturated heterocycles. The molecule has 2 aromatic carbocycles. The molecule has 0 spiro atoms. The molecule has 3 aromatic rings. The molecule has 0 N–H and O–H groups in total. The maximum Gasteiger partial charge on any atom is 0.339 e. The number of hydrogen-bond acceptors (Lipinski definition) is 4. The van der Waals surface area contributed by atoms with Gasteiger partial charge in [0, 0.05) is 6.07 Å². The zero-order valence-electron chi connectivity index (χ0n) is 11.4. The Balaban J connectivity index is 1.96. The number of halogens is 2. The number of hydrogen-bond donors (Lipinski definition) is 0. The van der Waals surface area contributed by atoms with E-state index < -0.39 is 11.8 Å². The Labute approximate surface area is 130 Å². The summed E-state index contributed by atoms with van der Waals surface area (Å²) in [4.78, 5) is 11.5. The fourth-order valence-corrected chi connectivity index (χ4v) is 2.29. The Morgan fingerprint density at radius 1 is 1.23 bits per heavy atom. The molecule has 1 heterocycles. The fraction of sp³-hybridized carbons (Fsp3) is 0.0625. The highest BCUT2D eigenvalue weighted by molar-refractivity contribution is 6.33. The third-order valence-corrected chi connectivity index (χ3v) is 3.41. The smallest absolute Gasteiger partial charge is 0.339 e. The van der Waals surface area contributed by atoms with Crippen LogP contribution in [0.3, 0.4) is 0 Å². The van der Waals surface area contributed by atoms with Gasteiger partial charge in [0.05, 0.1) is 29.3 Å². The van der Waals surface area contributed by atoms with E-state index in [9.17, 15) is 9.18 Å². The molecule has 0 unspecified atom stereocenters. The predicted molar refractivity (Wildman–Crippen MR) is 79.0 cm³/mol. The minimum absolute atomic E-state index is 0.196. The number of carbonyl (C=O) groups is 1. The van der Waals surface area contributed by atoms with Crippen molar-refractivity contribution in [3.63, 3.8) is 0 Å². The van der Waals surface area contributed by atoms with Crippen LogP contribution in [-0.4, -0.2) is 13.1 Å². The van der Waals surface area contributed by atoms with Crippen molar-refractivity contribution < 1.29 is 23.1 Å². The zero-order chi connectivity index (χ0) is 15.7. The Hall–Kier alpha value is -2.53. The van der Waals surface area contributed by atoms with Crippen molar-refractivity contribution in [1.29, 1.82) is 0 Å². The lowest BCUT2D eigenvalue weighted by molar-refractivity contribution is 0.0601. The third kappa shape index (κ3) is 2.51. The SMILES string of the molecule is COC(=O)c1ccc(Oc2ccc(F)c3ccoc23)cc1Cl. The number of methoxy groups -OCH3 is 1. The van der Waals surface area contributed by atoms with E-state index >= 15 is 0 Å². The molecule has 1 aromatic heterocycles. The average molecular weight is 321 g/mol. The van der Waals surface area contributed by atoms with Gasteiger partial charge in [-0.3, -0.25) is 0 Å². The summed E-state index contributed by atoms with van der Waals surface area (Å²) in [7, 11) is 1.27. The van der Waals surface area contributed by atoms with Crippen LogP contribution in [0.5, 0.6) is 11.5 Å². The maximum absolute atomic E-state index is 13.6. The normalized spacial score (nSPS) is 10.7. The standard InChI is InChI=1S/C16H10ClFO4/c1-20-16(19)10-3-2-9(8-12(10)17)22-14-5-4-13(18)11-6-7-21-15(11)14/h2-8H,1H3. The largest absolute Gasteiger partial charge is 0.465 e. The first-order chi connectivity index (χ1) is 10.6.